The van der Waals surface area contributed by atoms with E-state index in [0.29, 0.717) is 0 Å². The summed E-state index contributed by atoms with van der Waals surface area (Å²) in [4.78, 5) is 0. The van der Waals surface area contributed by atoms with Gasteiger partial charge in [0.05, 0.1) is 10.0 Å². The quantitative estimate of drug-likeness (QED) is 0.860. The smallest absolute Gasteiger partial charge is 0.435 e. The van der Waals surface area contributed by atoms with E-state index in [2.05, 4.69) is 5.10 Å². The molecule has 120 valence electrons. The normalized spacial score (nSPS) is 11.8. The molecule has 0 spiro atoms. The number of hydrogen-bond acceptors (Lipinski definition) is 3. The lowest BCUT2D eigenvalue weighted by molar-refractivity contribution is -0.142. The van der Waals surface area contributed by atoms with E-state index in [1.54, 1.807) is 6.92 Å². The second-order valence-electron chi connectivity index (χ2n) is 4.44. The molecule has 2 rings (SSSR count). The fourth-order valence-electron chi connectivity index (χ4n) is 1.93. The Morgan fingerprint density at radius 3 is 2.45 bits per heavy atom. The Bertz CT molecular complexity index is 714. The average Bonchev–Trinajstić information content (AvgIpc) is 2.72. The first-order valence-electron chi connectivity index (χ1n) is 6.14. The molecule has 2 aromatic rings. The Hall–Kier alpha value is -1.60. The third kappa shape index (κ3) is 3.10. The molecule has 1 aromatic carbocycles. The summed E-state index contributed by atoms with van der Waals surface area (Å²) in [5, 5.41) is 13.1. The fraction of sp³-hybridized carbons (Fsp3) is 0.308. The van der Waals surface area contributed by atoms with Crippen LogP contribution in [0.5, 0.6) is 17.4 Å². The molecule has 0 aliphatic rings. The van der Waals surface area contributed by atoms with Crippen molar-refractivity contribution in [2.45, 2.75) is 19.5 Å². The molecule has 0 amide bonds. The standard InChI is InChI=1S/C13H11Cl2F3N2O2/c1-3-6-11(13(16,17)18)19-20(2)12(6)22-10-5-9(21)7(14)4-8(10)15/h4-5,21H,3H2,1-2H3. The molecule has 0 aliphatic heterocycles. The Morgan fingerprint density at radius 1 is 1.27 bits per heavy atom. The summed E-state index contributed by atoms with van der Waals surface area (Å²) in [5.41, 5.74) is -1.11. The van der Waals surface area contributed by atoms with Crippen LogP contribution in [0.4, 0.5) is 13.2 Å². The first kappa shape index (κ1) is 16.8. The van der Waals surface area contributed by atoms with Crippen molar-refractivity contribution < 1.29 is 23.0 Å². The van der Waals surface area contributed by atoms with Gasteiger partial charge in [-0.1, -0.05) is 30.1 Å². The monoisotopic (exact) mass is 354 g/mol. The van der Waals surface area contributed by atoms with Crippen LogP contribution in [0.1, 0.15) is 18.2 Å². The zero-order chi connectivity index (χ0) is 16.7. The van der Waals surface area contributed by atoms with Crippen molar-refractivity contribution >= 4 is 23.2 Å². The van der Waals surface area contributed by atoms with E-state index in [-0.39, 0.29) is 39.4 Å². The molecule has 1 aromatic heterocycles. The van der Waals surface area contributed by atoms with Gasteiger partial charge in [0.1, 0.15) is 5.75 Å². The minimum absolute atomic E-state index is 0.00838. The second-order valence-corrected chi connectivity index (χ2v) is 5.26. The molecule has 4 nitrogen and oxygen atoms in total. The summed E-state index contributed by atoms with van der Waals surface area (Å²) >= 11 is 11.6. The molecule has 0 atom stereocenters. The number of aromatic nitrogens is 2. The molecule has 9 heteroatoms. The van der Waals surface area contributed by atoms with Crippen LogP contribution in [-0.2, 0) is 19.6 Å². The number of rotatable bonds is 3. The highest BCUT2D eigenvalue weighted by Crippen LogP contribution is 2.41. The van der Waals surface area contributed by atoms with Gasteiger partial charge >= 0.3 is 6.18 Å². The van der Waals surface area contributed by atoms with E-state index in [1.807, 2.05) is 0 Å². The van der Waals surface area contributed by atoms with Gasteiger partial charge in [0.25, 0.3) is 0 Å². The van der Waals surface area contributed by atoms with Crippen LogP contribution in [0, 0.1) is 0 Å². The van der Waals surface area contributed by atoms with E-state index in [9.17, 15) is 18.3 Å². The third-order valence-corrected chi connectivity index (χ3v) is 3.52. The van der Waals surface area contributed by atoms with Crippen molar-refractivity contribution in [2.24, 2.45) is 7.05 Å². The van der Waals surface area contributed by atoms with Crippen LogP contribution in [0.25, 0.3) is 0 Å². The minimum Gasteiger partial charge on any atom is -0.506 e. The lowest BCUT2D eigenvalue weighted by atomic mass is 10.2. The summed E-state index contributed by atoms with van der Waals surface area (Å²) in [7, 11) is 1.33. The molecule has 0 radical (unpaired) electrons. The number of halogens is 5. The van der Waals surface area contributed by atoms with Gasteiger partial charge in [-0.05, 0) is 12.5 Å². The molecular formula is C13H11Cl2F3N2O2. The first-order chi connectivity index (χ1) is 10.1. The van der Waals surface area contributed by atoms with Gasteiger partial charge in [-0.25, -0.2) is 4.68 Å². The van der Waals surface area contributed by atoms with E-state index in [0.717, 1.165) is 10.7 Å². The summed E-state index contributed by atoms with van der Waals surface area (Å²) in [6.45, 7) is 1.56. The van der Waals surface area contributed by atoms with E-state index >= 15 is 0 Å². The van der Waals surface area contributed by atoms with Crippen LogP contribution >= 0.6 is 23.2 Å². The van der Waals surface area contributed by atoms with Gasteiger partial charge < -0.3 is 9.84 Å². The summed E-state index contributed by atoms with van der Waals surface area (Å²) in [6.07, 6.45) is -4.52. The zero-order valence-electron chi connectivity index (χ0n) is 11.5. The van der Waals surface area contributed by atoms with E-state index in [1.165, 1.54) is 13.1 Å². The number of hydrogen-bond donors (Lipinski definition) is 1. The first-order valence-corrected chi connectivity index (χ1v) is 6.89. The highest BCUT2D eigenvalue weighted by molar-refractivity contribution is 6.36. The number of aromatic hydroxyl groups is 1. The van der Waals surface area contributed by atoms with Gasteiger partial charge in [0, 0.05) is 18.7 Å². The number of aryl methyl sites for hydroxylation is 1. The molecule has 0 bridgehead atoms. The molecular weight excluding hydrogens is 344 g/mol. The van der Waals surface area contributed by atoms with Crippen molar-refractivity contribution in [3.63, 3.8) is 0 Å². The zero-order valence-corrected chi connectivity index (χ0v) is 13.0. The Balaban J connectivity index is 2.51. The van der Waals surface area contributed by atoms with Crippen LogP contribution in [0.2, 0.25) is 10.0 Å². The summed E-state index contributed by atoms with van der Waals surface area (Å²) < 4.78 is 45.2. The molecule has 0 unspecified atom stereocenters. The van der Waals surface area contributed by atoms with Gasteiger partial charge in [-0.3, -0.25) is 0 Å². The highest BCUT2D eigenvalue weighted by Gasteiger charge is 2.39. The van der Waals surface area contributed by atoms with Crippen molar-refractivity contribution in [3.05, 3.63) is 33.4 Å². The maximum Gasteiger partial charge on any atom is 0.435 e. The average molecular weight is 355 g/mol. The van der Waals surface area contributed by atoms with Gasteiger partial charge in [-0.2, -0.15) is 18.3 Å². The van der Waals surface area contributed by atoms with Gasteiger partial charge in [0.15, 0.2) is 11.4 Å². The largest absolute Gasteiger partial charge is 0.506 e. The number of phenols is 1. The van der Waals surface area contributed by atoms with Crippen LogP contribution in [0.3, 0.4) is 0 Å². The van der Waals surface area contributed by atoms with Crippen molar-refractivity contribution in [1.82, 2.24) is 9.78 Å². The third-order valence-electron chi connectivity index (χ3n) is 2.92. The maximum atomic E-state index is 12.9. The minimum atomic E-state index is -4.59. The highest BCUT2D eigenvalue weighted by atomic mass is 35.5. The van der Waals surface area contributed by atoms with Crippen LogP contribution in [0.15, 0.2) is 12.1 Å². The Kier molecular flexibility index (Phi) is 4.49. The topological polar surface area (TPSA) is 47.3 Å². The van der Waals surface area contributed by atoms with Crippen LogP contribution in [-0.4, -0.2) is 14.9 Å². The second kappa shape index (κ2) is 5.89. The number of benzene rings is 1. The predicted octanol–water partition coefficient (Wildman–Crippen LogP) is 4.81. The molecule has 0 saturated heterocycles. The van der Waals surface area contributed by atoms with Gasteiger partial charge in [-0.15, -0.1) is 0 Å². The summed E-state index contributed by atoms with van der Waals surface area (Å²) in [6, 6.07) is 2.37. The molecule has 0 aliphatic carbocycles. The van der Waals surface area contributed by atoms with Crippen LogP contribution < -0.4 is 4.74 Å². The van der Waals surface area contributed by atoms with E-state index in [4.69, 9.17) is 27.9 Å². The summed E-state index contributed by atoms with van der Waals surface area (Å²) in [5.74, 6) is -0.411. The fourth-order valence-corrected chi connectivity index (χ4v) is 2.35. The Labute approximate surface area is 134 Å². The molecule has 0 fully saturated rings. The van der Waals surface area contributed by atoms with Crippen molar-refractivity contribution in [1.29, 1.82) is 0 Å². The van der Waals surface area contributed by atoms with E-state index < -0.39 is 11.9 Å². The number of nitrogens with zero attached hydrogens (tertiary/aromatic N) is 2. The number of ether oxygens (including phenoxy) is 1. The lowest BCUT2D eigenvalue weighted by Gasteiger charge is -2.11. The molecule has 1 N–H and O–H groups in total. The molecule has 0 saturated carbocycles. The van der Waals surface area contributed by atoms with Crippen molar-refractivity contribution in [2.75, 3.05) is 0 Å². The number of alkyl halides is 3. The number of phenolic OH excluding ortho intramolecular Hbond substituents is 1. The molecule has 1 heterocycles. The van der Waals surface area contributed by atoms with Gasteiger partial charge in [0.2, 0.25) is 5.88 Å². The Morgan fingerprint density at radius 2 is 1.91 bits per heavy atom. The van der Waals surface area contributed by atoms with Crippen molar-refractivity contribution in [3.8, 4) is 17.4 Å². The molecule has 22 heavy (non-hydrogen) atoms. The SMILES string of the molecule is CCc1c(C(F)(F)F)nn(C)c1Oc1cc(O)c(Cl)cc1Cl. The maximum absolute atomic E-state index is 12.9. The predicted molar refractivity (Wildman–Crippen MR) is 75.8 cm³/mol. The lowest BCUT2D eigenvalue weighted by Crippen LogP contribution is -2.09.